The highest BCUT2D eigenvalue weighted by Crippen LogP contribution is 2.32. The summed E-state index contributed by atoms with van der Waals surface area (Å²) in [6, 6.07) is 9.90. The molecular formula is C32H34F3N5O2S. The summed E-state index contributed by atoms with van der Waals surface area (Å²) in [7, 11) is 0. The lowest BCUT2D eigenvalue weighted by Gasteiger charge is -2.29. The Bertz CT molecular complexity index is 1690. The molecule has 0 atom stereocenters. The van der Waals surface area contributed by atoms with Crippen molar-refractivity contribution >= 4 is 17.2 Å². The Balaban J connectivity index is 1.73. The van der Waals surface area contributed by atoms with Crippen molar-refractivity contribution in [1.29, 1.82) is 0 Å². The molecule has 0 saturated carbocycles. The van der Waals surface area contributed by atoms with E-state index in [4.69, 9.17) is 0 Å². The first kappa shape index (κ1) is 30.6. The molecule has 5 rings (SSSR count). The molecule has 1 saturated heterocycles. The minimum Gasteiger partial charge on any atom is -0.336 e. The minimum atomic E-state index is -4.55. The van der Waals surface area contributed by atoms with Gasteiger partial charge < -0.3 is 10.2 Å². The predicted molar refractivity (Wildman–Crippen MR) is 163 cm³/mol. The van der Waals surface area contributed by atoms with Crippen molar-refractivity contribution < 1.29 is 18.0 Å². The zero-order chi connectivity index (χ0) is 30.9. The third-order valence-corrected chi connectivity index (χ3v) is 8.36. The number of nitrogens with one attached hydrogen (secondary N) is 1. The number of thiazole rings is 1. The monoisotopic (exact) mass is 609 g/mol. The van der Waals surface area contributed by atoms with Crippen LogP contribution in [0.2, 0.25) is 0 Å². The van der Waals surface area contributed by atoms with Crippen LogP contribution >= 0.6 is 11.3 Å². The van der Waals surface area contributed by atoms with Crippen LogP contribution in [0.3, 0.4) is 0 Å². The van der Waals surface area contributed by atoms with Crippen LogP contribution in [0.25, 0.3) is 27.5 Å². The lowest BCUT2D eigenvalue weighted by Crippen LogP contribution is -2.47. The molecule has 7 nitrogen and oxygen atoms in total. The quantitative estimate of drug-likeness (QED) is 0.272. The number of piperazine rings is 1. The number of pyridine rings is 2. The van der Waals surface area contributed by atoms with Crippen molar-refractivity contribution in [3.8, 4) is 27.5 Å². The van der Waals surface area contributed by atoms with Crippen molar-refractivity contribution in [3.05, 3.63) is 86.4 Å². The summed E-state index contributed by atoms with van der Waals surface area (Å²) in [4.78, 5) is 38.6. The number of aryl methyl sites for hydroxylation is 2. The molecule has 0 spiro atoms. The van der Waals surface area contributed by atoms with Crippen LogP contribution in [0.5, 0.6) is 0 Å². The molecule has 0 aliphatic carbocycles. The molecule has 4 heterocycles. The van der Waals surface area contributed by atoms with Gasteiger partial charge in [0.05, 0.1) is 22.5 Å². The predicted octanol–water partition coefficient (Wildman–Crippen LogP) is 6.16. The van der Waals surface area contributed by atoms with Crippen LogP contribution in [0.4, 0.5) is 13.2 Å². The molecule has 11 heteroatoms. The average Bonchev–Trinajstić information content (AvgIpc) is 3.47. The number of hydrogen-bond donors (Lipinski definition) is 1. The maximum atomic E-state index is 14.5. The fourth-order valence-corrected chi connectivity index (χ4v) is 6.13. The van der Waals surface area contributed by atoms with E-state index in [0.717, 1.165) is 29.1 Å². The van der Waals surface area contributed by atoms with Crippen molar-refractivity contribution in [2.24, 2.45) is 5.92 Å². The third-order valence-electron chi connectivity index (χ3n) is 7.49. The van der Waals surface area contributed by atoms with Crippen molar-refractivity contribution in [3.63, 3.8) is 0 Å². The van der Waals surface area contributed by atoms with Gasteiger partial charge in [-0.15, -0.1) is 11.3 Å². The Hall–Kier alpha value is -3.83. The fraction of sp³-hybridized carbons (Fsp3) is 0.375. The molecule has 1 N–H and O–H groups in total. The number of halogens is 3. The highest BCUT2D eigenvalue weighted by atomic mass is 32.1. The Morgan fingerprint density at radius 1 is 1.12 bits per heavy atom. The summed E-state index contributed by atoms with van der Waals surface area (Å²) in [5.41, 5.74) is 3.62. The molecular weight excluding hydrogens is 575 g/mol. The number of carbonyl (C=O) groups is 1. The zero-order valence-electron chi connectivity index (χ0n) is 24.6. The second-order valence-electron chi connectivity index (χ2n) is 11.2. The summed E-state index contributed by atoms with van der Waals surface area (Å²) < 4.78 is 40.8. The number of aromatic nitrogens is 3. The summed E-state index contributed by atoms with van der Waals surface area (Å²) in [5, 5.41) is 5.35. The van der Waals surface area contributed by atoms with E-state index in [2.05, 4.69) is 29.1 Å². The van der Waals surface area contributed by atoms with Crippen molar-refractivity contribution in [2.75, 3.05) is 26.2 Å². The van der Waals surface area contributed by atoms with Crippen LogP contribution in [-0.4, -0.2) is 51.5 Å². The maximum Gasteiger partial charge on any atom is 0.433 e. The lowest BCUT2D eigenvalue weighted by molar-refractivity contribution is -0.141. The summed E-state index contributed by atoms with van der Waals surface area (Å²) >= 11 is 1.20. The SMILES string of the molecule is CCc1ccc(C)cc1-n1c(CC(C)C)c(C(=O)N2CCNCC2)cc(-c2nc(-c3ccc(C(F)(F)F)nc3)cs2)c1=O. The Labute approximate surface area is 252 Å². The summed E-state index contributed by atoms with van der Waals surface area (Å²) in [6.45, 7) is 10.6. The molecule has 1 fully saturated rings. The van der Waals surface area contributed by atoms with E-state index in [-0.39, 0.29) is 22.9 Å². The van der Waals surface area contributed by atoms with E-state index >= 15 is 0 Å². The number of carbonyl (C=O) groups excluding carboxylic acids is 1. The van der Waals surface area contributed by atoms with E-state index in [9.17, 15) is 22.8 Å². The highest BCUT2D eigenvalue weighted by molar-refractivity contribution is 7.13. The van der Waals surface area contributed by atoms with E-state index in [1.807, 2.05) is 36.9 Å². The van der Waals surface area contributed by atoms with Gasteiger partial charge in [0.25, 0.3) is 11.5 Å². The van der Waals surface area contributed by atoms with Gasteiger partial charge in [0, 0.05) is 49.0 Å². The molecule has 1 amide bonds. The Morgan fingerprint density at radius 2 is 1.86 bits per heavy atom. The van der Waals surface area contributed by atoms with Gasteiger partial charge in [0.15, 0.2) is 0 Å². The molecule has 43 heavy (non-hydrogen) atoms. The van der Waals surface area contributed by atoms with Crippen LogP contribution in [-0.2, 0) is 19.0 Å². The minimum absolute atomic E-state index is 0.137. The van der Waals surface area contributed by atoms with Crippen LogP contribution in [0, 0.1) is 12.8 Å². The number of hydrogen-bond acceptors (Lipinski definition) is 6. The summed E-state index contributed by atoms with van der Waals surface area (Å²) in [5.74, 6) is 0.0289. The topological polar surface area (TPSA) is 80.1 Å². The standard InChI is InChI=1S/C32H34F3N5O2S/c1-5-21-7-6-20(4)15-26(21)40-27(14-19(2)3)23(30(41)39-12-10-36-11-13-39)16-24(31(40)42)29-38-25(18-43-29)22-8-9-28(37-17-22)32(33,34)35/h6-9,15-19,36H,5,10-14H2,1-4H3. The van der Waals surface area contributed by atoms with Gasteiger partial charge in [0.1, 0.15) is 10.7 Å². The van der Waals surface area contributed by atoms with Gasteiger partial charge in [-0.25, -0.2) is 4.98 Å². The number of benzene rings is 1. The van der Waals surface area contributed by atoms with E-state index in [0.29, 0.717) is 66.5 Å². The van der Waals surface area contributed by atoms with E-state index < -0.39 is 11.9 Å². The Kier molecular flexibility index (Phi) is 8.84. The second-order valence-corrected chi connectivity index (χ2v) is 12.0. The molecule has 1 aliphatic heterocycles. The maximum absolute atomic E-state index is 14.5. The first-order valence-electron chi connectivity index (χ1n) is 14.4. The highest BCUT2D eigenvalue weighted by Gasteiger charge is 2.32. The smallest absolute Gasteiger partial charge is 0.336 e. The van der Waals surface area contributed by atoms with E-state index in [1.165, 1.54) is 17.4 Å². The Morgan fingerprint density at radius 3 is 2.49 bits per heavy atom. The first-order valence-corrected chi connectivity index (χ1v) is 15.2. The van der Waals surface area contributed by atoms with Gasteiger partial charge in [-0.1, -0.05) is 32.9 Å². The average molecular weight is 610 g/mol. The van der Waals surface area contributed by atoms with Gasteiger partial charge in [0.2, 0.25) is 0 Å². The van der Waals surface area contributed by atoms with Crippen molar-refractivity contribution in [1.82, 2.24) is 24.8 Å². The van der Waals surface area contributed by atoms with Crippen LogP contribution < -0.4 is 10.9 Å². The van der Waals surface area contributed by atoms with Gasteiger partial charge in [-0.05, 0) is 61.1 Å². The molecule has 1 aliphatic rings. The van der Waals surface area contributed by atoms with Gasteiger partial charge in [-0.3, -0.25) is 19.1 Å². The van der Waals surface area contributed by atoms with Crippen molar-refractivity contribution in [2.45, 2.75) is 46.7 Å². The fourth-order valence-electron chi connectivity index (χ4n) is 5.30. The first-order chi connectivity index (χ1) is 20.5. The summed E-state index contributed by atoms with van der Waals surface area (Å²) in [6.07, 6.45) is -2.21. The third kappa shape index (κ3) is 6.42. The molecule has 1 aromatic carbocycles. The lowest BCUT2D eigenvalue weighted by atomic mass is 9.98. The van der Waals surface area contributed by atoms with Gasteiger partial charge >= 0.3 is 6.18 Å². The zero-order valence-corrected chi connectivity index (χ0v) is 25.4. The number of alkyl halides is 3. The van der Waals surface area contributed by atoms with Crippen LogP contribution in [0.1, 0.15) is 53.6 Å². The number of rotatable bonds is 7. The normalized spacial score (nSPS) is 14.0. The number of amides is 1. The second kappa shape index (κ2) is 12.4. The molecule has 226 valence electrons. The molecule has 0 bridgehead atoms. The van der Waals surface area contributed by atoms with Gasteiger partial charge in [-0.2, -0.15) is 13.2 Å². The molecule has 0 unspecified atom stereocenters. The van der Waals surface area contributed by atoms with Crippen LogP contribution in [0.15, 0.2) is 52.8 Å². The van der Waals surface area contributed by atoms with E-state index in [1.54, 1.807) is 16.0 Å². The molecule has 3 aromatic heterocycles. The molecule has 0 radical (unpaired) electrons. The largest absolute Gasteiger partial charge is 0.433 e. The molecule has 4 aromatic rings. The number of nitrogens with zero attached hydrogens (tertiary/aromatic N) is 4.